The summed E-state index contributed by atoms with van der Waals surface area (Å²) in [6.45, 7) is 0. The number of ether oxygens (including phenoxy) is 1. The van der Waals surface area contributed by atoms with Crippen molar-refractivity contribution >= 4 is 0 Å². The highest BCUT2D eigenvalue weighted by Gasteiger charge is 2.13. The minimum atomic E-state index is 0.725. The molecule has 0 radical (unpaired) electrons. The Hall–Kier alpha value is -2.75. The van der Waals surface area contributed by atoms with Gasteiger partial charge in [0.1, 0.15) is 11.4 Å². The van der Waals surface area contributed by atoms with Crippen molar-refractivity contribution in [3.63, 3.8) is 0 Å². The van der Waals surface area contributed by atoms with E-state index in [1.165, 1.54) is 30.5 Å². The van der Waals surface area contributed by atoms with Crippen molar-refractivity contribution in [3.05, 3.63) is 71.2 Å². The summed E-state index contributed by atoms with van der Waals surface area (Å²) in [6.07, 6.45) is 8.59. The van der Waals surface area contributed by atoms with Crippen molar-refractivity contribution in [1.29, 1.82) is 0 Å². The summed E-state index contributed by atoms with van der Waals surface area (Å²) in [6, 6.07) is 14.1. The first-order valence-electron chi connectivity index (χ1n) is 9.26. The molecule has 1 aliphatic carbocycles. The fourth-order valence-electron chi connectivity index (χ4n) is 3.52. The van der Waals surface area contributed by atoms with E-state index in [9.17, 15) is 0 Å². The average molecular weight is 345 g/mol. The van der Waals surface area contributed by atoms with Crippen molar-refractivity contribution < 1.29 is 4.74 Å². The topological polar surface area (TPSA) is 47.9 Å². The Morgan fingerprint density at radius 2 is 1.81 bits per heavy atom. The quantitative estimate of drug-likeness (QED) is 0.657. The van der Waals surface area contributed by atoms with Crippen LogP contribution in [-0.4, -0.2) is 22.1 Å². The zero-order chi connectivity index (χ0) is 17.8. The van der Waals surface area contributed by atoms with Gasteiger partial charge in [0.2, 0.25) is 0 Å². The number of nitrogens with zero attached hydrogens (tertiary/aromatic N) is 3. The maximum atomic E-state index is 5.45. The predicted molar refractivity (Wildman–Crippen MR) is 102 cm³/mol. The van der Waals surface area contributed by atoms with Crippen LogP contribution in [0.4, 0.5) is 0 Å². The molecule has 2 aromatic heterocycles. The van der Waals surface area contributed by atoms with Gasteiger partial charge in [0.25, 0.3) is 0 Å². The van der Waals surface area contributed by atoms with Gasteiger partial charge < -0.3 is 4.74 Å². The van der Waals surface area contributed by atoms with E-state index in [1.54, 1.807) is 7.11 Å². The molecule has 0 saturated carbocycles. The number of aryl methyl sites for hydroxylation is 2. The zero-order valence-corrected chi connectivity index (χ0v) is 15.1. The molecule has 0 unspecified atom stereocenters. The van der Waals surface area contributed by atoms with Crippen molar-refractivity contribution in [2.45, 2.75) is 38.5 Å². The van der Waals surface area contributed by atoms with E-state index >= 15 is 0 Å². The van der Waals surface area contributed by atoms with E-state index in [0.717, 1.165) is 47.8 Å². The van der Waals surface area contributed by atoms with Crippen LogP contribution in [0.5, 0.6) is 5.75 Å². The number of aromatic nitrogens is 3. The summed E-state index contributed by atoms with van der Waals surface area (Å²) in [7, 11) is 1.70. The molecule has 0 bridgehead atoms. The van der Waals surface area contributed by atoms with Gasteiger partial charge in [-0.25, -0.2) is 15.0 Å². The van der Waals surface area contributed by atoms with E-state index in [4.69, 9.17) is 14.7 Å². The van der Waals surface area contributed by atoms with E-state index in [2.05, 4.69) is 11.1 Å². The predicted octanol–water partition coefficient (Wildman–Crippen LogP) is 4.41. The smallest absolute Gasteiger partial charge is 0.178 e. The summed E-state index contributed by atoms with van der Waals surface area (Å²) >= 11 is 0. The number of hydrogen-bond acceptors (Lipinski definition) is 4. The number of rotatable bonds is 4. The highest BCUT2D eigenvalue weighted by Crippen LogP contribution is 2.23. The van der Waals surface area contributed by atoms with Crippen molar-refractivity contribution in [2.75, 3.05) is 7.11 Å². The number of fused-ring (bicyclic) bond motifs is 1. The Balaban J connectivity index is 1.63. The molecule has 0 aliphatic heterocycles. The number of pyridine rings is 1. The molecular formula is C22H23N3O. The van der Waals surface area contributed by atoms with Gasteiger partial charge in [0.15, 0.2) is 5.82 Å². The average Bonchev–Trinajstić information content (AvgIpc) is 2.93. The molecule has 26 heavy (non-hydrogen) atoms. The Morgan fingerprint density at radius 3 is 2.73 bits per heavy atom. The minimum Gasteiger partial charge on any atom is -0.496 e. The molecule has 0 atom stereocenters. The molecule has 0 spiro atoms. The largest absolute Gasteiger partial charge is 0.496 e. The Bertz CT molecular complexity index is 907. The molecule has 0 saturated heterocycles. The number of para-hydroxylation sites is 1. The fraction of sp³-hybridized carbons (Fsp3) is 0.318. The molecule has 0 N–H and O–H groups in total. The summed E-state index contributed by atoms with van der Waals surface area (Å²) in [4.78, 5) is 14.2. The monoisotopic (exact) mass is 345 g/mol. The molecule has 4 rings (SSSR count). The van der Waals surface area contributed by atoms with Crippen LogP contribution in [0.3, 0.4) is 0 Å². The van der Waals surface area contributed by atoms with Gasteiger partial charge in [-0.05, 0) is 49.4 Å². The molecule has 3 aromatic rings. The molecule has 0 fully saturated rings. The lowest BCUT2D eigenvalue weighted by Gasteiger charge is -2.09. The van der Waals surface area contributed by atoms with Gasteiger partial charge in [-0.15, -0.1) is 0 Å². The molecule has 1 aliphatic rings. The van der Waals surface area contributed by atoms with E-state index < -0.39 is 0 Å². The third-order valence-electron chi connectivity index (χ3n) is 4.91. The first kappa shape index (κ1) is 16.7. The SMILES string of the molecule is COc1ccccc1Cc1cccc(-c2ncc3c(n2)CCCCC3)n1. The van der Waals surface area contributed by atoms with Crippen LogP contribution in [0.1, 0.15) is 41.8 Å². The van der Waals surface area contributed by atoms with E-state index in [0.29, 0.717) is 0 Å². The second-order valence-electron chi connectivity index (χ2n) is 6.73. The van der Waals surface area contributed by atoms with Crippen molar-refractivity contribution in [2.24, 2.45) is 0 Å². The lowest BCUT2D eigenvalue weighted by molar-refractivity contribution is 0.410. The first-order valence-corrected chi connectivity index (χ1v) is 9.26. The van der Waals surface area contributed by atoms with Gasteiger partial charge >= 0.3 is 0 Å². The summed E-state index contributed by atoms with van der Waals surface area (Å²) in [5.74, 6) is 1.62. The van der Waals surface area contributed by atoms with Crippen LogP contribution >= 0.6 is 0 Å². The maximum Gasteiger partial charge on any atom is 0.178 e. The molecule has 4 nitrogen and oxygen atoms in total. The fourth-order valence-corrected chi connectivity index (χ4v) is 3.52. The lowest BCUT2D eigenvalue weighted by Crippen LogP contribution is -2.02. The van der Waals surface area contributed by atoms with E-state index in [-0.39, 0.29) is 0 Å². The van der Waals surface area contributed by atoms with Crippen molar-refractivity contribution in [3.8, 4) is 17.3 Å². The second-order valence-corrected chi connectivity index (χ2v) is 6.73. The van der Waals surface area contributed by atoms with Crippen LogP contribution in [0.25, 0.3) is 11.5 Å². The molecule has 2 heterocycles. The van der Waals surface area contributed by atoms with Gasteiger partial charge in [0, 0.05) is 29.6 Å². The van der Waals surface area contributed by atoms with Crippen LogP contribution in [0.15, 0.2) is 48.7 Å². The van der Waals surface area contributed by atoms with Crippen LogP contribution in [-0.2, 0) is 19.3 Å². The Labute approximate surface area is 154 Å². The molecule has 132 valence electrons. The molecule has 1 aromatic carbocycles. The molecular weight excluding hydrogens is 322 g/mol. The highest BCUT2D eigenvalue weighted by atomic mass is 16.5. The first-order chi connectivity index (χ1) is 12.8. The Morgan fingerprint density at radius 1 is 0.923 bits per heavy atom. The normalized spacial score (nSPS) is 13.7. The van der Waals surface area contributed by atoms with Gasteiger partial charge in [-0.3, -0.25) is 0 Å². The maximum absolute atomic E-state index is 5.45. The third kappa shape index (κ3) is 3.59. The zero-order valence-electron chi connectivity index (χ0n) is 15.1. The molecule has 0 amide bonds. The van der Waals surface area contributed by atoms with Crippen LogP contribution < -0.4 is 4.74 Å². The van der Waals surface area contributed by atoms with Gasteiger partial charge in [-0.1, -0.05) is 30.7 Å². The number of benzene rings is 1. The summed E-state index contributed by atoms with van der Waals surface area (Å²) in [5.41, 5.74) is 5.46. The standard InChI is InChI=1S/C22H23N3O/c1-26-21-13-6-5-8-16(21)14-18-10-7-12-20(24-18)22-23-15-17-9-3-2-4-11-19(17)25-22/h5-8,10,12-13,15H,2-4,9,11,14H2,1H3. The number of methoxy groups -OCH3 is 1. The summed E-state index contributed by atoms with van der Waals surface area (Å²) < 4.78 is 5.45. The highest BCUT2D eigenvalue weighted by molar-refractivity contribution is 5.50. The lowest BCUT2D eigenvalue weighted by atomic mass is 10.1. The van der Waals surface area contributed by atoms with Gasteiger partial charge in [0.05, 0.1) is 7.11 Å². The van der Waals surface area contributed by atoms with Crippen LogP contribution in [0, 0.1) is 0 Å². The molecule has 4 heteroatoms. The van der Waals surface area contributed by atoms with Crippen molar-refractivity contribution in [1.82, 2.24) is 15.0 Å². The third-order valence-corrected chi connectivity index (χ3v) is 4.91. The second kappa shape index (κ2) is 7.65. The Kier molecular flexibility index (Phi) is 4.91. The van der Waals surface area contributed by atoms with Crippen LogP contribution in [0.2, 0.25) is 0 Å². The summed E-state index contributed by atoms with van der Waals surface area (Å²) in [5, 5.41) is 0. The van der Waals surface area contributed by atoms with Gasteiger partial charge in [-0.2, -0.15) is 0 Å². The minimum absolute atomic E-state index is 0.725. The number of hydrogen-bond donors (Lipinski definition) is 0. The van der Waals surface area contributed by atoms with E-state index in [1.807, 2.05) is 42.6 Å².